The standard InChI is InChI=1S/C8HF9O/c9-2-1-3(10)5(12)6(4(2)11)18-8(16,17)7(13,14)15/h1H. The summed E-state index contributed by atoms with van der Waals surface area (Å²) >= 11 is 0. The first-order chi connectivity index (χ1) is 7.97. The van der Waals surface area contributed by atoms with Crippen molar-refractivity contribution in [2.75, 3.05) is 0 Å². The molecule has 0 radical (unpaired) electrons. The highest BCUT2D eigenvalue weighted by molar-refractivity contribution is 5.29. The van der Waals surface area contributed by atoms with E-state index in [1.165, 1.54) is 0 Å². The van der Waals surface area contributed by atoms with E-state index in [-0.39, 0.29) is 6.07 Å². The van der Waals surface area contributed by atoms with Crippen molar-refractivity contribution < 1.29 is 44.3 Å². The zero-order chi connectivity index (χ0) is 14.3. The first-order valence-electron chi connectivity index (χ1n) is 3.94. The monoisotopic (exact) mass is 284 g/mol. The highest BCUT2D eigenvalue weighted by Crippen LogP contribution is 2.39. The molecule has 0 atom stereocenters. The van der Waals surface area contributed by atoms with Gasteiger partial charge in [0.2, 0.25) is 17.4 Å². The zero-order valence-corrected chi connectivity index (χ0v) is 7.89. The Bertz CT molecular complexity index is 438. The lowest BCUT2D eigenvalue weighted by atomic mass is 10.3. The van der Waals surface area contributed by atoms with E-state index in [1.807, 2.05) is 0 Å². The fraction of sp³-hybridized carbons (Fsp3) is 0.250. The molecule has 0 fully saturated rings. The molecule has 1 aromatic carbocycles. The second-order valence-electron chi connectivity index (χ2n) is 2.91. The van der Waals surface area contributed by atoms with Gasteiger partial charge in [0.15, 0.2) is 11.6 Å². The predicted molar refractivity (Wildman–Crippen MR) is 37.9 cm³/mol. The van der Waals surface area contributed by atoms with Crippen LogP contribution in [-0.2, 0) is 0 Å². The van der Waals surface area contributed by atoms with Crippen LogP contribution in [-0.4, -0.2) is 12.3 Å². The smallest absolute Gasteiger partial charge is 0.419 e. The molecule has 0 aliphatic heterocycles. The van der Waals surface area contributed by atoms with Crippen molar-refractivity contribution in [1.82, 2.24) is 0 Å². The molecule has 0 bridgehead atoms. The van der Waals surface area contributed by atoms with Crippen molar-refractivity contribution in [1.29, 1.82) is 0 Å². The molecular weight excluding hydrogens is 283 g/mol. The molecule has 10 heteroatoms. The Balaban J connectivity index is 3.28. The van der Waals surface area contributed by atoms with Crippen LogP contribution in [0.3, 0.4) is 0 Å². The molecule has 18 heavy (non-hydrogen) atoms. The van der Waals surface area contributed by atoms with Crippen molar-refractivity contribution in [3.8, 4) is 5.75 Å². The molecule has 0 saturated carbocycles. The quantitative estimate of drug-likeness (QED) is 0.593. The SMILES string of the molecule is Fc1cc(F)c(F)c(OC(F)(F)C(F)(F)F)c1F. The van der Waals surface area contributed by atoms with Gasteiger partial charge >= 0.3 is 12.3 Å². The van der Waals surface area contributed by atoms with Crippen molar-refractivity contribution in [3.63, 3.8) is 0 Å². The minimum atomic E-state index is -6.31. The van der Waals surface area contributed by atoms with Crippen LogP contribution >= 0.6 is 0 Å². The lowest BCUT2D eigenvalue weighted by Crippen LogP contribution is -2.42. The second kappa shape index (κ2) is 4.25. The molecular formula is C8HF9O. The Hall–Kier alpha value is -1.61. The third-order valence-corrected chi connectivity index (χ3v) is 1.63. The van der Waals surface area contributed by atoms with E-state index < -0.39 is 41.3 Å². The van der Waals surface area contributed by atoms with E-state index in [0.717, 1.165) is 0 Å². The highest BCUT2D eigenvalue weighted by atomic mass is 19.4. The first-order valence-corrected chi connectivity index (χ1v) is 3.94. The van der Waals surface area contributed by atoms with Crippen LogP contribution < -0.4 is 4.74 Å². The summed E-state index contributed by atoms with van der Waals surface area (Å²) in [5.41, 5.74) is 0. The van der Waals surface area contributed by atoms with Crippen LogP contribution in [0.2, 0.25) is 0 Å². The molecule has 102 valence electrons. The molecule has 1 aromatic rings. The number of hydrogen-bond donors (Lipinski definition) is 0. The first kappa shape index (κ1) is 14.5. The summed E-state index contributed by atoms with van der Waals surface area (Å²) in [6.45, 7) is 0. The minimum Gasteiger partial charge on any atom is -0.419 e. The van der Waals surface area contributed by atoms with Gasteiger partial charge in [-0.2, -0.15) is 30.7 Å². The Labute approximate surface area is 92.8 Å². The van der Waals surface area contributed by atoms with E-state index in [1.54, 1.807) is 0 Å². The van der Waals surface area contributed by atoms with Gasteiger partial charge < -0.3 is 4.74 Å². The van der Waals surface area contributed by atoms with Crippen LogP contribution in [0.1, 0.15) is 0 Å². The summed E-state index contributed by atoms with van der Waals surface area (Å²) in [4.78, 5) is 0. The number of ether oxygens (including phenoxy) is 1. The zero-order valence-electron chi connectivity index (χ0n) is 7.89. The molecule has 0 unspecified atom stereocenters. The van der Waals surface area contributed by atoms with Gasteiger partial charge in [0.05, 0.1) is 0 Å². The van der Waals surface area contributed by atoms with Gasteiger partial charge in [-0.15, -0.1) is 0 Å². The summed E-state index contributed by atoms with van der Waals surface area (Å²) in [6, 6.07) is -0.372. The number of halogens is 9. The number of rotatable bonds is 2. The summed E-state index contributed by atoms with van der Waals surface area (Å²) in [5.74, 6) is -11.9. The molecule has 0 N–H and O–H groups in total. The molecule has 0 saturated heterocycles. The molecule has 0 aliphatic carbocycles. The van der Waals surface area contributed by atoms with Crippen LogP contribution in [0.5, 0.6) is 5.75 Å². The predicted octanol–water partition coefficient (Wildman–Crippen LogP) is 3.78. The largest absolute Gasteiger partial charge is 0.499 e. The molecule has 0 aromatic heterocycles. The maximum absolute atomic E-state index is 12.8. The van der Waals surface area contributed by atoms with Crippen LogP contribution in [0.15, 0.2) is 6.07 Å². The van der Waals surface area contributed by atoms with Gasteiger partial charge in [-0.25, -0.2) is 8.78 Å². The fourth-order valence-electron chi connectivity index (χ4n) is 0.827. The number of hydrogen-bond acceptors (Lipinski definition) is 1. The maximum Gasteiger partial charge on any atom is 0.499 e. The van der Waals surface area contributed by atoms with E-state index in [0.29, 0.717) is 0 Å². The van der Waals surface area contributed by atoms with E-state index in [4.69, 9.17) is 0 Å². The Morgan fingerprint density at radius 3 is 1.50 bits per heavy atom. The lowest BCUT2D eigenvalue weighted by molar-refractivity contribution is -0.361. The Morgan fingerprint density at radius 1 is 0.778 bits per heavy atom. The van der Waals surface area contributed by atoms with Crippen LogP contribution in [0.4, 0.5) is 39.5 Å². The maximum atomic E-state index is 12.8. The molecule has 1 rings (SSSR count). The molecule has 0 heterocycles. The van der Waals surface area contributed by atoms with Crippen molar-refractivity contribution in [2.45, 2.75) is 12.3 Å². The van der Waals surface area contributed by atoms with E-state index in [2.05, 4.69) is 4.74 Å². The topological polar surface area (TPSA) is 9.23 Å². The fourth-order valence-corrected chi connectivity index (χ4v) is 0.827. The highest BCUT2D eigenvalue weighted by Gasteiger charge is 2.61. The Morgan fingerprint density at radius 2 is 1.17 bits per heavy atom. The van der Waals surface area contributed by atoms with Gasteiger partial charge in [-0.1, -0.05) is 0 Å². The van der Waals surface area contributed by atoms with Crippen LogP contribution in [0.25, 0.3) is 0 Å². The normalized spacial score (nSPS) is 12.7. The van der Waals surface area contributed by atoms with Gasteiger partial charge in [0.25, 0.3) is 0 Å². The van der Waals surface area contributed by atoms with Gasteiger partial charge in [0, 0.05) is 6.07 Å². The molecule has 1 nitrogen and oxygen atoms in total. The van der Waals surface area contributed by atoms with Gasteiger partial charge in [-0.3, -0.25) is 0 Å². The average Bonchev–Trinajstić information content (AvgIpc) is 2.20. The summed E-state index contributed by atoms with van der Waals surface area (Å²) < 4.78 is 113. The van der Waals surface area contributed by atoms with E-state index >= 15 is 0 Å². The second-order valence-corrected chi connectivity index (χ2v) is 2.91. The summed E-state index contributed by atoms with van der Waals surface area (Å²) in [7, 11) is 0. The molecule has 0 spiro atoms. The van der Waals surface area contributed by atoms with Gasteiger partial charge in [-0.05, 0) is 0 Å². The summed E-state index contributed by atoms with van der Waals surface area (Å²) in [5, 5.41) is 0. The molecule has 0 aliphatic rings. The Kier molecular flexibility index (Phi) is 3.41. The molecule has 0 amide bonds. The van der Waals surface area contributed by atoms with Crippen molar-refractivity contribution in [2.24, 2.45) is 0 Å². The van der Waals surface area contributed by atoms with Gasteiger partial charge in [0.1, 0.15) is 0 Å². The minimum absolute atomic E-state index is 0.372. The lowest BCUT2D eigenvalue weighted by Gasteiger charge is -2.20. The third-order valence-electron chi connectivity index (χ3n) is 1.63. The number of alkyl halides is 5. The summed E-state index contributed by atoms with van der Waals surface area (Å²) in [6.07, 6.45) is -12.3. The van der Waals surface area contributed by atoms with Crippen molar-refractivity contribution >= 4 is 0 Å². The van der Waals surface area contributed by atoms with E-state index in [9.17, 15) is 39.5 Å². The third kappa shape index (κ3) is 2.46. The van der Waals surface area contributed by atoms with Crippen molar-refractivity contribution in [3.05, 3.63) is 29.3 Å². The number of benzene rings is 1. The average molecular weight is 284 g/mol. The van der Waals surface area contributed by atoms with Crippen LogP contribution in [0, 0.1) is 23.3 Å².